The van der Waals surface area contributed by atoms with Crippen molar-refractivity contribution >= 4 is 26.9 Å². The first-order valence-electron chi connectivity index (χ1n) is 9.60. The molecule has 0 unspecified atom stereocenters. The van der Waals surface area contributed by atoms with E-state index in [9.17, 15) is 28.7 Å². The number of nitriles is 1. The van der Waals surface area contributed by atoms with Gasteiger partial charge in [-0.15, -0.1) is 0 Å². The van der Waals surface area contributed by atoms with Crippen LogP contribution in [0.25, 0.3) is 10.9 Å². The van der Waals surface area contributed by atoms with Crippen LogP contribution in [-0.2, 0) is 21.2 Å². The first-order chi connectivity index (χ1) is 14.7. The van der Waals surface area contributed by atoms with Crippen LogP contribution in [0.5, 0.6) is 5.75 Å². The third kappa shape index (κ3) is 3.73. The molecule has 1 aliphatic rings. The van der Waals surface area contributed by atoms with Crippen LogP contribution in [0.1, 0.15) is 23.7 Å². The number of carboxylic acid groups (broad SMARTS) is 1. The monoisotopic (exact) mass is 440 g/mol. The number of fused-ring (bicyclic) bond motifs is 1. The highest BCUT2D eigenvalue weighted by Crippen LogP contribution is 2.35. The molecule has 160 valence electrons. The fraction of sp³-hybridized carbons (Fsp3) is 0.286. The molecule has 10 heteroatoms. The Kier molecular flexibility index (Phi) is 5.16. The second-order valence-corrected chi connectivity index (χ2v) is 9.48. The molecule has 0 saturated carbocycles. The second kappa shape index (κ2) is 7.68. The van der Waals surface area contributed by atoms with E-state index in [4.69, 9.17) is 0 Å². The van der Waals surface area contributed by atoms with Crippen LogP contribution < -0.4 is 0 Å². The van der Waals surface area contributed by atoms with Gasteiger partial charge in [-0.25, -0.2) is 8.42 Å². The van der Waals surface area contributed by atoms with Gasteiger partial charge in [-0.2, -0.15) is 14.7 Å². The van der Waals surface area contributed by atoms with E-state index in [-0.39, 0.29) is 30.0 Å². The van der Waals surface area contributed by atoms with Crippen LogP contribution in [0.15, 0.2) is 47.4 Å². The summed E-state index contributed by atoms with van der Waals surface area (Å²) >= 11 is 0. The van der Waals surface area contributed by atoms with Crippen molar-refractivity contribution in [3.05, 3.63) is 53.7 Å². The minimum absolute atomic E-state index is 0.0149. The van der Waals surface area contributed by atoms with Gasteiger partial charge in [0.1, 0.15) is 11.8 Å². The van der Waals surface area contributed by atoms with E-state index in [0.717, 1.165) is 9.87 Å². The fourth-order valence-corrected chi connectivity index (χ4v) is 5.55. The molecule has 4 rings (SSSR count). The first-order valence-corrected chi connectivity index (χ1v) is 11.0. The summed E-state index contributed by atoms with van der Waals surface area (Å²) in [6.45, 7) is 1.93. The predicted molar refractivity (Wildman–Crippen MR) is 111 cm³/mol. The van der Waals surface area contributed by atoms with Crippen LogP contribution in [-0.4, -0.2) is 51.3 Å². The summed E-state index contributed by atoms with van der Waals surface area (Å²) < 4.78 is 29.1. The zero-order valence-corrected chi connectivity index (χ0v) is 17.5. The quantitative estimate of drug-likeness (QED) is 0.620. The van der Waals surface area contributed by atoms with Crippen molar-refractivity contribution in [1.29, 1.82) is 5.26 Å². The summed E-state index contributed by atoms with van der Waals surface area (Å²) in [4.78, 5) is 11.3. The number of carbonyl (C=O) groups is 1. The molecule has 1 aromatic heterocycles. The molecule has 2 heterocycles. The van der Waals surface area contributed by atoms with E-state index >= 15 is 0 Å². The number of benzene rings is 2. The van der Waals surface area contributed by atoms with E-state index in [1.807, 2.05) is 25.1 Å². The van der Waals surface area contributed by atoms with E-state index in [1.165, 1.54) is 24.3 Å². The van der Waals surface area contributed by atoms with Gasteiger partial charge < -0.3 is 10.2 Å². The van der Waals surface area contributed by atoms with Crippen LogP contribution in [0.2, 0.25) is 0 Å². The van der Waals surface area contributed by atoms with Gasteiger partial charge in [-0.05, 0) is 42.8 Å². The number of sulfonamides is 1. The Morgan fingerprint density at radius 3 is 2.61 bits per heavy atom. The van der Waals surface area contributed by atoms with Crippen molar-refractivity contribution in [2.75, 3.05) is 6.54 Å². The van der Waals surface area contributed by atoms with Crippen LogP contribution in [0, 0.1) is 18.3 Å². The maximum absolute atomic E-state index is 13.1. The summed E-state index contributed by atoms with van der Waals surface area (Å²) in [5.41, 5.74) is 2.07. The third-order valence-corrected chi connectivity index (χ3v) is 7.32. The minimum atomic E-state index is -3.97. The predicted octanol–water partition coefficient (Wildman–Crippen LogP) is 2.21. The number of aliphatic carboxylic acids is 1. The molecule has 1 saturated heterocycles. The highest BCUT2D eigenvalue weighted by Gasteiger charge is 2.42. The second-order valence-electron chi connectivity index (χ2n) is 7.59. The van der Waals surface area contributed by atoms with Gasteiger partial charge in [0.05, 0.1) is 34.6 Å². The molecule has 1 fully saturated rings. The average molecular weight is 440 g/mol. The van der Waals surface area contributed by atoms with Crippen molar-refractivity contribution in [2.24, 2.45) is 0 Å². The van der Waals surface area contributed by atoms with Crippen molar-refractivity contribution in [2.45, 2.75) is 36.7 Å². The molecule has 0 bridgehead atoms. The largest absolute Gasteiger partial charge is 0.508 e. The Morgan fingerprint density at radius 2 is 1.97 bits per heavy atom. The first kappa shape index (κ1) is 20.8. The summed E-state index contributed by atoms with van der Waals surface area (Å²) in [6, 6.07) is 11.5. The van der Waals surface area contributed by atoms with Crippen LogP contribution in [0.3, 0.4) is 0 Å². The Balaban J connectivity index is 1.75. The van der Waals surface area contributed by atoms with E-state index in [2.05, 4.69) is 11.2 Å². The Labute approximate surface area is 178 Å². The molecule has 2 aromatic carbocycles. The molecular formula is C21H20N4O5S. The highest BCUT2D eigenvalue weighted by atomic mass is 32.2. The molecule has 0 amide bonds. The van der Waals surface area contributed by atoms with Gasteiger partial charge in [0, 0.05) is 18.4 Å². The number of aromatic hydroxyl groups is 1. The van der Waals surface area contributed by atoms with Gasteiger partial charge in [-0.3, -0.25) is 9.48 Å². The van der Waals surface area contributed by atoms with Gasteiger partial charge in [-0.1, -0.05) is 12.1 Å². The lowest BCUT2D eigenvalue weighted by Gasteiger charge is -2.19. The molecule has 1 aliphatic heterocycles. The number of aryl methyl sites for hydroxylation is 1. The summed E-state index contributed by atoms with van der Waals surface area (Å²) in [6.07, 6.45) is -0.0263. The SMILES string of the molecule is Cc1ccc2c(CC(=O)O)nn([C@@H]3C[C@H](C#N)N(S(=O)(=O)c4ccc(O)cc4)C3)c2c1. The molecule has 0 spiro atoms. The van der Waals surface area contributed by atoms with Crippen molar-refractivity contribution in [1.82, 2.24) is 14.1 Å². The number of hydrogen-bond donors (Lipinski definition) is 2. The molecule has 9 nitrogen and oxygen atoms in total. The van der Waals surface area contributed by atoms with Crippen LogP contribution in [0.4, 0.5) is 0 Å². The van der Waals surface area contributed by atoms with Gasteiger partial charge in [0.25, 0.3) is 0 Å². The maximum Gasteiger partial charge on any atom is 0.309 e. The lowest BCUT2D eigenvalue weighted by molar-refractivity contribution is -0.136. The van der Waals surface area contributed by atoms with Crippen LogP contribution >= 0.6 is 0 Å². The average Bonchev–Trinajstić information content (AvgIpc) is 3.30. The maximum atomic E-state index is 13.1. The summed E-state index contributed by atoms with van der Waals surface area (Å²) in [5.74, 6) is -1.07. The minimum Gasteiger partial charge on any atom is -0.508 e. The summed E-state index contributed by atoms with van der Waals surface area (Å²) in [5, 5.41) is 33.5. The number of rotatable bonds is 5. The van der Waals surface area contributed by atoms with Gasteiger partial charge >= 0.3 is 5.97 Å². The topological polar surface area (TPSA) is 137 Å². The lowest BCUT2D eigenvalue weighted by atomic mass is 10.1. The number of hydrogen-bond acceptors (Lipinski definition) is 6. The molecule has 3 aromatic rings. The number of phenolic OH excluding ortho intramolecular Hbond substituents is 1. The highest BCUT2D eigenvalue weighted by molar-refractivity contribution is 7.89. The molecule has 0 radical (unpaired) electrons. The molecule has 2 atom stereocenters. The molecular weight excluding hydrogens is 420 g/mol. The Bertz CT molecular complexity index is 1310. The molecule has 0 aliphatic carbocycles. The zero-order valence-electron chi connectivity index (χ0n) is 16.6. The Morgan fingerprint density at radius 1 is 1.26 bits per heavy atom. The molecule has 31 heavy (non-hydrogen) atoms. The van der Waals surface area contributed by atoms with E-state index < -0.39 is 28.1 Å². The van der Waals surface area contributed by atoms with E-state index in [0.29, 0.717) is 16.6 Å². The number of phenols is 1. The third-order valence-electron chi connectivity index (χ3n) is 5.43. The number of nitrogens with zero attached hydrogens (tertiary/aromatic N) is 4. The smallest absolute Gasteiger partial charge is 0.309 e. The van der Waals surface area contributed by atoms with Crippen molar-refractivity contribution < 1.29 is 23.4 Å². The van der Waals surface area contributed by atoms with Crippen molar-refractivity contribution in [3.8, 4) is 11.8 Å². The summed E-state index contributed by atoms with van der Waals surface area (Å²) in [7, 11) is -3.97. The number of aromatic nitrogens is 2. The van der Waals surface area contributed by atoms with E-state index in [1.54, 1.807) is 4.68 Å². The standard InChI is InChI=1S/C21H20N4O5S/c1-13-2-7-18-19(10-21(27)28)23-25(20(18)8-13)15-9-14(11-22)24(12-15)31(29,30)17-5-3-16(26)4-6-17/h2-8,14-15,26H,9-10,12H2,1H3,(H,27,28)/t14-,15-/m1/s1. The number of carboxylic acids is 1. The molecule has 2 N–H and O–H groups in total. The van der Waals surface area contributed by atoms with Gasteiger partial charge in [0.15, 0.2) is 0 Å². The van der Waals surface area contributed by atoms with Gasteiger partial charge in [0.2, 0.25) is 10.0 Å². The van der Waals surface area contributed by atoms with Crippen molar-refractivity contribution in [3.63, 3.8) is 0 Å². The lowest BCUT2D eigenvalue weighted by Crippen LogP contribution is -2.35. The normalized spacial score (nSPS) is 19.5. The zero-order chi connectivity index (χ0) is 22.3. The Hall–Kier alpha value is -3.42. The fourth-order valence-electron chi connectivity index (χ4n) is 3.96.